The van der Waals surface area contributed by atoms with Gasteiger partial charge in [0.15, 0.2) is 0 Å². The molecule has 2 amide bonds. The molecule has 6 heteroatoms. The second-order valence-electron chi connectivity index (χ2n) is 5.75. The van der Waals surface area contributed by atoms with Crippen molar-refractivity contribution in [1.29, 1.82) is 0 Å². The first-order valence-electron chi connectivity index (χ1n) is 7.52. The van der Waals surface area contributed by atoms with Crippen molar-refractivity contribution >= 4 is 17.6 Å². The van der Waals surface area contributed by atoms with Crippen LogP contribution in [0.4, 0.5) is 5.82 Å². The molecule has 0 saturated carbocycles. The molecule has 1 aromatic heterocycles. The summed E-state index contributed by atoms with van der Waals surface area (Å²) in [6, 6.07) is 3.79. The number of aliphatic hydroxyl groups excluding tert-OH is 1. The molecule has 1 unspecified atom stereocenters. The molecular formula is C16H19N3O3. The Balaban J connectivity index is 1.69. The largest absolute Gasteiger partial charge is 0.396 e. The van der Waals surface area contributed by atoms with E-state index in [-0.39, 0.29) is 18.4 Å². The van der Waals surface area contributed by atoms with E-state index in [0.29, 0.717) is 5.92 Å². The average Bonchev–Trinajstić information content (AvgIpc) is 2.55. The van der Waals surface area contributed by atoms with E-state index in [1.54, 1.807) is 12.3 Å². The fourth-order valence-corrected chi connectivity index (χ4v) is 2.89. The van der Waals surface area contributed by atoms with Crippen LogP contribution in [0.15, 0.2) is 30.5 Å². The topological polar surface area (TPSA) is 82.5 Å². The predicted octanol–water partition coefficient (Wildman–Crippen LogP) is 0.586. The van der Waals surface area contributed by atoms with Crippen molar-refractivity contribution in [3.63, 3.8) is 0 Å². The monoisotopic (exact) mass is 301 g/mol. The molecule has 116 valence electrons. The molecule has 1 aromatic rings. The number of aliphatic hydroxyl groups is 1. The van der Waals surface area contributed by atoms with E-state index in [0.717, 1.165) is 37.3 Å². The molecular weight excluding hydrogens is 282 g/mol. The quantitative estimate of drug-likeness (QED) is 0.798. The third kappa shape index (κ3) is 3.01. The van der Waals surface area contributed by atoms with Crippen molar-refractivity contribution in [2.24, 2.45) is 5.92 Å². The maximum Gasteiger partial charge on any atom is 0.250 e. The van der Waals surface area contributed by atoms with E-state index < -0.39 is 5.92 Å². The van der Waals surface area contributed by atoms with Crippen LogP contribution in [0.2, 0.25) is 0 Å². The molecule has 0 radical (unpaired) electrons. The van der Waals surface area contributed by atoms with Gasteiger partial charge in [0.2, 0.25) is 11.8 Å². The zero-order valence-corrected chi connectivity index (χ0v) is 12.2. The maximum atomic E-state index is 11.8. The van der Waals surface area contributed by atoms with Crippen molar-refractivity contribution in [2.75, 3.05) is 24.6 Å². The van der Waals surface area contributed by atoms with Crippen molar-refractivity contribution in [1.82, 2.24) is 10.3 Å². The van der Waals surface area contributed by atoms with E-state index in [9.17, 15) is 9.59 Å². The van der Waals surface area contributed by atoms with Crippen LogP contribution in [-0.2, 0) is 9.59 Å². The van der Waals surface area contributed by atoms with E-state index in [4.69, 9.17) is 5.11 Å². The number of piperidine rings is 1. The molecule has 1 fully saturated rings. The lowest BCUT2D eigenvalue weighted by molar-refractivity contribution is -0.129. The number of anilines is 1. The molecule has 22 heavy (non-hydrogen) atoms. The minimum atomic E-state index is -0.459. The molecule has 0 aliphatic carbocycles. The predicted molar refractivity (Wildman–Crippen MR) is 81.3 cm³/mol. The third-order valence-corrected chi connectivity index (χ3v) is 4.30. The smallest absolute Gasteiger partial charge is 0.250 e. The number of carbonyl (C=O) groups excluding carboxylic acids is 2. The number of carbonyl (C=O) groups is 2. The lowest BCUT2D eigenvalue weighted by Gasteiger charge is -2.32. The average molecular weight is 301 g/mol. The van der Waals surface area contributed by atoms with Crippen molar-refractivity contribution in [3.05, 3.63) is 36.0 Å². The molecule has 0 aromatic carbocycles. The van der Waals surface area contributed by atoms with Crippen LogP contribution in [0, 0.1) is 5.92 Å². The minimum absolute atomic E-state index is 0.252. The number of imide groups is 1. The number of amides is 2. The molecule has 3 rings (SSSR count). The zero-order chi connectivity index (χ0) is 15.5. The third-order valence-electron chi connectivity index (χ3n) is 4.30. The van der Waals surface area contributed by atoms with Crippen LogP contribution < -0.4 is 10.2 Å². The number of nitrogens with one attached hydrogen (secondary N) is 1. The Kier molecular flexibility index (Phi) is 4.20. The summed E-state index contributed by atoms with van der Waals surface area (Å²) < 4.78 is 0. The molecule has 1 saturated heterocycles. The Hall–Kier alpha value is -2.21. The summed E-state index contributed by atoms with van der Waals surface area (Å²) in [4.78, 5) is 29.6. The molecule has 2 aliphatic rings. The maximum absolute atomic E-state index is 11.8. The summed E-state index contributed by atoms with van der Waals surface area (Å²) >= 11 is 0. The van der Waals surface area contributed by atoms with Gasteiger partial charge in [0, 0.05) is 32.0 Å². The lowest BCUT2D eigenvalue weighted by Crippen LogP contribution is -2.36. The van der Waals surface area contributed by atoms with Gasteiger partial charge < -0.3 is 10.0 Å². The summed E-state index contributed by atoms with van der Waals surface area (Å²) in [5.74, 6) is 0.128. The first-order chi connectivity index (χ1) is 10.7. The highest BCUT2D eigenvalue weighted by Gasteiger charge is 2.24. The molecule has 0 spiro atoms. The van der Waals surface area contributed by atoms with Gasteiger partial charge in [-0.3, -0.25) is 14.9 Å². The van der Waals surface area contributed by atoms with Gasteiger partial charge in [-0.15, -0.1) is 0 Å². The van der Waals surface area contributed by atoms with E-state index in [1.807, 2.05) is 12.1 Å². The highest BCUT2D eigenvalue weighted by atomic mass is 16.3. The Morgan fingerprint density at radius 1 is 1.27 bits per heavy atom. The molecule has 2 N–H and O–H groups in total. The van der Waals surface area contributed by atoms with Crippen LogP contribution in [0.1, 0.15) is 24.3 Å². The van der Waals surface area contributed by atoms with Crippen molar-refractivity contribution in [2.45, 2.75) is 18.8 Å². The number of rotatable bonds is 3. The molecule has 6 nitrogen and oxygen atoms in total. The Morgan fingerprint density at radius 2 is 2.05 bits per heavy atom. The van der Waals surface area contributed by atoms with Gasteiger partial charge in [0.25, 0.3) is 0 Å². The lowest BCUT2D eigenvalue weighted by atomic mass is 9.96. The van der Waals surface area contributed by atoms with Crippen LogP contribution in [-0.4, -0.2) is 41.6 Å². The van der Waals surface area contributed by atoms with E-state index in [2.05, 4.69) is 15.2 Å². The second kappa shape index (κ2) is 6.27. The number of nitrogens with zero attached hydrogens (tertiary/aromatic N) is 2. The SMILES string of the molecule is O=C1C=CC(c2ccc(N3CCC(CO)CC3)nc2)C(=O)N1. The number of hydrogen-bond acceptors (Lipinski definition) is 5. The molecule has 3 heterocycles. The fourth-order valence-electron chi connectivity index (χ4n) is 2.89. The fraction of sp³-hybridized carbons (Fsp3) is 0.438. The van der Waals surface area contributed by atoms with Gasteiger partial charge in [-0.2, -0.15) is 0 Å². The Morgan fingerprint density at radius 3 is 2.64 bits per heavy atom. The first kappa shape index (κ1) is 14.7. The second-order valence-corrected chi connectivity index (χ2v) is 5.75. The summed E-state index contributed by atoms with van der Waals surface area (Å²) in [7, 11) is 0. The van der Waals surface area contributed by atoms with Gasteiger partial charge in [0.05, 0.1) is 5.92 Å². The van der Waals surface area contributed by atoms with E-state index >= 15 is 0 Å². The first-order valence-corrected chi connectivity index (χ1v) is 7.52. The minimum Gasteiger partial charge on any atom is -0.396 e. The number of hydrogen-bond donors (Lipinski definition) is 2. The standard InChI is InChI=1S/C16H19N3O3/c20-10-11-5-7-19(8-6-11)14-3-1-12(9-17-14)13-2-4-15(21)18-16(13)22/h1-4,9,11,13,20H,5-8,10H2,(H,18,21,22). The molecule has 1 atom stereocenters. The number of aromatic nitrogens is 1. The molecule has 0 bridgehead atoms. The Bertz CT molecular complexity index is 589. The van der Waals surface area contributed by atoms with Gasteiger partial charge in [-0.25, -0.2) is 4.98 Å². The highest BCUT2D eigenvalue weighted by molar-refractivity contribution is 6.07. The van der Waals surface area contributed by atoms with E-state index in [1.165, 1.54) is 6.08 Å². The van der Waals surface area contributed by atoms with Crippen LogP contribution in [0.3, 0.4) is 0 Å². The van der Waals surface area contributed by atoms with Crippen LogP contribution >= 0.6 is 0 Å². The summed E-state index contributed by atoms with van der Waals surface area (Å²) in [6.45, 7) is 2.02. The van der Waals surface area contributed by atoms with Crippen LogP contribution in [0.5, 0.6) is 0 Å². The Labute approximate surface area is 128 Å². The van der Waals surface area contributed by atoms with Crippen LogP contribution in [0.25, 0.3) is 0 Å². The van der Waals surface area contributed by atoms with Gasteiger partial charge >= 0.3 is 0 Å². The normalized spacial score (nSPS) is 22.8. The van der Waals surface area contributed by atoms with Crippen molar-refractivity contribution in [3.8, 4) is 0 Å². The highest BCUT2D eigenvalue weighted by Crippen LogP contribution is 2.24. The number of pyridine rings is 1. The summed E-state index contributed by atoms with van der Waals surface area (Å²) in [6.07, 6.45) is 6.60. The summed E-state index contributed by atoms with van der Waals surface area (Å²) in [5, 5.41) is 11.5. The zero-order valence-electron chi connectivity index (χ0n) is 12.2. The molecule has 2 aliphatic heterocycles. The summed E-state index contributed by atoms with van der Waals surface area (Å²) in [5.41, 5.74) is 0.773. The van der Waals surface area contributed by atoms with Gasteiger partial charge in [0.1, 0.15) is 5.82 Å². The van der Waals surface area contributed by atoms with Gasteiger partial charge in [-0.05, 0) is 30.4 Å². The van der Waals surface area contributed by atoms with Gasteiger partial charge in [-0.1, -0.05) is 12.1 Å². The van der Waals surface area contributed by atoms with Crippen molar-refractivity contribution < 1.29 is 14.7 Å².